The van der Waals surface area contributed by atoms with Gasteiger partial charge in [0, 0.05) is 23.5 Å². The smallest absolute Gasteiger partial charge is 0.417 e. The average molecular weight is 300 g/mol. The molecule has 1 aliphatic heterocycles. The topological polar surface area (TPSA) is 58.6 Å². The summed E-state index contributed by atoms with van der Waals surface area (Å²) in [4.78, 5) is 25.4. The number of carbonyl (C=O) groups is 2. The number of nitrogens with one attached hydrogen (secondary N) is 1. The molecule has 0 aliphatic carbocycles. The van der Waals surface area contributed by atoms with Crippen molar-refractivity contribution >= 4 is 17.7 Å². The van der Waals surface area contributed by atoms with Gasteiger partial charge in [-0.05, 0) is 25.0 Å². The highest BCUT2D eigenvalue weighted by molar-refractivity contribution is 6.05. The van der Waals surface area contributed by atoms with E-state index in [4.69, 9.17) is 4.74 Å². The lowest BCUT2D eigenvalue weighted by molar-refractivity contribution is -0.123. The number of hydrogen-bond donors (Lipinski definition) is 1. The van der Waals surface area contributed by atoms with Gasteiger partial charge in [0.1, 0.15) is 6.61 Å². The number of ether oxygens (including phenoxy) is 1. The van der Waals surface area contributed by atoms with Crippen LogP contribution in [0.5, 0.6) is 0 Å². The fourth-order valence-corrected chi connectivity index (χ4v) is 2.33. The molecule has 1 aromatic rings. The van der Waals surface area contributed by atoms with Gasteiger partial charge in [-0.25, -0.2) is 9.69 Å². The Morgan fingerprint density at radius 1 is 1.41 bits per heavy atom. The largest absolute Gasteiger partial charge is 0.445 e. The van der Waals surface area contributed by atoms with Crippen molar-refractivity contribution < 1.29 is 14.3 Å². The lowest BCUT2D eigenvalue weighted by Gasteiger charge is -2.14. The second-order valence-electron chi connectivity index (χ2n) is 4.87. The van der Waals surface area contributed by atoms with E-state index in [2.05, 4.69) is 11.9 Å². The zero-order chi connectivity index (χ0) is 15.9. The van der Waals surface area contributed by atoms with Crippen LogP contribution in [-0.4, -0.2) is 30.1 Å². The first-order chi connectivity index (χ1) is 10.7. The SMILES string of the molecule is C=CCOC(=O)N1CC/C(=C(\CC)Nc2ccccc2)C1=O. The van der Waals surface area contributed by atoms with Crippen molar-refractivity contribution in [3.63, 3.8) is 0 Å². The molecule has 0 spiro atoms. The van der Waals surface area contributed by atoms with Gasteiger partial charge in [-0.1, -0.05) is 37.8 Å². The molecular formula is C17H20N2O3. The summed E-state index contributed by atoms with van der Waals surface area (Å²) < 4.78 is 4.93. The number of nitrogens with zero attached hydrogens (tertiary/aromatic N) is 1. The van der Waals surface area contributed by atoms with E-state index in [1.807, 2.05) is 37.3 Å². The maximum absolute atomic E-state index is 12.4. The Kier molecular flexibility index (Phi) is 5.36. The lowest BCUT2D eigenvalue weighted by atomic mass is 10.1. The minimum absolute atomic E-state index is 0.102. The molecule has 0 unspecified atom stereocenters. The molecule has 1 saturated heterocycles. The molecule has 1 aliphatic rings. The third-order valence-corrected chi connectivity index (χ3v) is 3.42. The highest BCUT2D eigenvalue weighted by Crippen LogP contribution is 2.24. The van der Waals surface area contributed by atoms with Crippen molar-refractivity contribution in [2.24, 2.45) is 0 Å². The number of carbonyl (C=O) groups excluding carboxylic acids is 2. The summed E-state index contributed by atoms with van der Waals surface area (Å²) >= 11 is 0. The number of benzene rings is 1. The molecular weight excluding hydrogens is 280 g/mol. The quantitative estimate of drug-likeness (QED) is 0.669. The van der Waals surface area contributed by atoms with Crippen LogP contribution in [0, 0.1) is 0 Å². The van der Waals surface area contributed by atoms with Crippen molar-refractivity contribution in [1.82, 2.24) is 4.90 Å². The maximum Gasteiger partial charge on any atom is 0.417 e. The van der Waals surface area contributed by atoms with E-state index in [0.29, 0.717) is 25.0 Å². The average Bonchev–Trinajstić information content (AvgIpc) is 2.93. The molecule has 2 amide bonds. The first-order valence-corrected chi connectivity index (χ1v) is 7.31. The number of allylic oxidation sites excluding steroid dienone is 1. The summed E-state index contributed by atoms with van der Waals surface area (Å²) in [5, 5.41) is 3.27. The molecule has 0 aromatic heterocycles. The summed E-state index contributed by atoms with van der Waals surface area (Å²) in [6.45, 7) is 5.91. The molecule has 0 saturated carbocycles. The Bertz CT molecular complexity index is 593. The molecule has 1 fully saturated rings. The van der Waals surface area contributed by atoms with Gasteiger partial charge in [-0.2, -0.15) is 0 Å². The molecule has 22 heavy (non-hydrogen) atoms. The van der Waals surface area contributed by atoms with Gasteiger partial charge < -0.3 is 10.1 Å². The lowest BCUT2D eigenvalue weighted by Crippen LogP contribution is -2.33. The molecule has 0 atom stereocenters. The molecule has 1 N–H and O–H groups in total. The van der Waals surface area contributed by atoms with E-state index < -0.39 is 6.09 Å². The number of anilines is 1. The Morgan fingerprint density at radius 2 is 2.14 bits per heavy atom. The van der Waals surface area contributed by atoms with Crippen LogP contribution in [0.4, 0.5) is 10.5 Å². The van der Waals surface area contributed by atoms with Crippen molar-refractivity contribution in [1.29, 1.82) is 0 Å². The normalized spacial score (nSPS) is 16.4. The van der Waals surface area contributed by atoms with Gasteiger partial charge in [-0.3, -0.25) is 4.79 Å². The Hall–Kier alpha value is -2.56. The Labute approximate surface area is 130 Å². The summed E-state index contributed by atoms with van der Waals surface area (Å²) in [5.74, 6) is -0.283. The van der Waals surface area contributed by atoms with E-state index in [1.165, 1.54) is 6.08 Å². The third kappa shape index (κ3) is 3.55. The molecule has 1 heterocycles. The highest BCUT2D eigenvalue weighted by Gasteiger charge is 2.33. The van der Waals surface area contributed by atoms with E-state index in [-0.39, 0.29) is 12.5 Å². The van der Waals surface area contributed by atoms with Gasteiger partial charge >= 0.3 is 6.09 Å². The number of likely N-dealkylation sites (tertiary alicyclic amines) is 1. The monoisotopic (exact) mass is 300 g/mol. The Balaban J connectivity index is 2.14. The minimum atomic E-state index is -0.616. The predicted octanol–water partition coefficient (Wildman–Crippen LogP) is 3.32. The maximum atomic E-state index is 12.4. The van der Waals surface area contributed by atoms with E-state index in [1.54, 1.807) is 0 Å². The van der Waals surface area contributed by atoms with Gasteiger partial charge in [0.15, 0.2) is 0 Å². The summed E-state index contributed by atoms with van der Waals surface area (Å²) in [6.07, 6.45) is 2.08. The standard InChI is InChI=1S/C17H20N2O3/c1-3-12-22-17(21)19-11-10-14(16(19)20)15(4-2)18-13-8-6-5-7-9-13/h3,5-9,18H,1,4,10-12H2,2H3/b15-14-. The van der Waals surface area contributed by atoms with Crippen molar-refractivity contribution in [3.05, 3.63) is 54.3 Å². The van der Waals surface area contributed by atoms with Crippen molar-refractivity contribution in [2.75, 3.05) is 18.5 Å². The van der Waals surface area contributed by atoms with E-state index in [9.17, 15) is 9.59 Å². The summed E-state index contributed by atoms with van der Waals surface area (Å²) in [7, 11) is 0. The second-order valence-corrected chi connectivity index (χ2v) is 4.87. The summed E-state index contributed by atoms with van der Waals surface area (Å²) in [6, 6.07) is 9.66. The second kappa shape index (κ2) is 7.45. The Morgan fingerprint density at radius 3 is 2.77 bits per heavy atom. The number of para-hydroxylation sites is 1. The molecule has 0 radical (unpaired) electrons. The molecule has 2 rings (SSSR count). The minimum Gasteiger partial charge on any atom is -0.445 e. The first kappa shape index (κ1) is 15.8. The first-order valence-electron chi connectivity index (χ1n) is 7.31. The van der Waals surface area contributed by atoms with Gasteiger partial charge in [-0.15, -0.1) is 0 Å². The zero-order valence-corrected chi connectivity index (χ0v) is 12.7. The molecule has 5 nitrogen and oxygen atoms in total. The molecule has 116 valence electrons. The van der Waals surface area contributed by atoms with Gasteiger partial charge in [0.05, 0.1) is 0 Å². The molecule has 5 heteroatoms. The fourth-order valence-electron chi connectivity index (χ4n) is 2.33. The number of hydrogen-bond acceptors (Lipinski definition) is 4. The van der Waals surface area contributed by atoms with Crippen LogP contribution in [-0.2, 0) is 9.53 Å². The van der Waals surface area contributed by atoms with E-state index >= 15 is 0 Å². The molecule has 0 bridgehead atoms. The fraction of sp³-hybridized carbons (Fsp3) is 0.294. The third-order valence-electron chi connectivity index (χ3n) is 3.42. The van der Waals surface area contributed by atoms with E-state index in [0.717, 1.165) is 16.3 Å². The van der Waals surface area contributed by atoms with Crippen LogP contribution < -0.4 is 5.32 Å². The van der Waals surface area contributed by atoms with Crippen LogP contribution in [0.25, 0.3) is 0 Å². The molecule has 1 aromatic carbocycles. The van der Waals surface area contributed by atoms with Crippen molar-refractivity contribution in [2.45, 2.75) is 19.8 Å². The predicted molar refractivity (Wildman–Crippen MR) is 85.3 cm³/mol. The van der Waals surface area contributed by atoms with Crippen LogP contribution in [0.3, 0.4) is 0 Å². The van der Waals surface area contributed by atoms with Crippen LogP contribution in [0.15, 0.2) is 54.3 Å². The zero-order valence-electron chi connectivity index (χ0n) is 12.7. The summed E-state index contributed by atoms with van der Waals surface area (Å²) in [5.41, 5.74) is 2.41. The van der Waals surface area contributed by atoms with Crippen LogP contribution >= 0.6 is 0 Å². The van der Waals surface area contributed by atoms with Crippen LogP contribution in [0.1, 0.15) is 19.8 Å². The number of imide groups is 1. The van der Waals surface area contributed by atoms with Crippen molar-refractivity contribution in [3.8, 4) is 0 Å². The van der Waals surface area contributed by atoms with Gasteiger partial charge in [0.2, 0.25) is 0 Å². The van der Waals surface area contributed by atoms with Crippen LogP contribution in [0.2, 0.25) is 0 Å². The highest BCUT2D eigenvalue weighted by atomic mass is 16.6. The number of amides is 2. The van der Waals surface area contributed by atoms with Gasteiger partial charge in [0.25, 0.3) is 5.91 Å². The number of rotatable bonds is 5.